The molecule has 19 heavy (non-hydrogen) atoms. The van der Waals surface area contributed by atoms with Crippen molar-refractivity contribution < 1.29 is 19.8 Å². The van der Waals surface area contributed by atoms with Gasteiger partial charge in [-0.25, -0.2) is 0 Å². The van der Waals surface area contributed by atoms with E-state index in [1.165, 1.54) is 32.1 Å². The van der Waals surface area contributed by atoms with Crippen LogP contribution in [0.4, 0.5) is 0 Å². The van der Waals surface area contributed by atoms with Crippen molar-refractivity contribution in [2.45, 2.75) is 70.8 Å². The van der Waals surface area contributed by atoms with Crippen LogP contribution in [0, 0.1) is 0 Å². The summed E-state index contributed by atoms with van der Waals surface area (Å²) in [7, 11) is 0. The lowest BCUT2D eigenvalue weighted by atomic mass is 10.1. The molecule has 112 valence electrons. The van der Waals surface area contributed by atoms with Crippen molar-refractivity contribution >= 4 is 11.9 Å². The Morgan fingerprint density at radius 1 is 1.05 bits per heavy atom. The zero-order valence-electron chi connectivity index (χ0n) is 11.9. The molecule has 0 aromatic heterocycles. The number of hydrogen-bond donors (Lipinski definition) is 3. The molecule has 0 aliphatic rings. The Balaban J connectivity index is 3.39. The van der Waals surface area contributed by atoms with Gasteiger partial charge in [0, 0.05) is 13.0 Å². The van der Waals surface area contributed by atoms with Gasteiger partial charge in [-0.2, -0.15) is 0 Å². The lowest BCUT2D eigenvalue weighted by molar-refractivity contribution is -0.138. The number of aliphatic carboxylic acids is 1. The number of aliphatic hydroxyl groups is 1. The molecule has 1 atom stereocenters. The number of nitrogens with one attached hydrogen (secondary N) is 1. The average Bonchev–Trinajstić information content (AvgIpc) is 2.38. The maximum absolute atomic E-state index is 11.4. The van der Waals surface area contributed by atoms with Gasteiger partial charge in [0.1, 0.15) is 6.10 Å². The molecule has 0 radical (unpaired) electrons. The fraction of sp³-hybridized carbons (Fsp3) is 0.857. The second-order valence-electron chi connectivity index (χ2n) is 4.86. The highest BCUT2D eigenvalue weighted by molar-refractivity contribution is 5.81. The van der Waals surface area contributed by atoms with Gasteiger partial charge in [-0.1, -0.05) is 45.4 Å². The van der Waals surface area contributed by atoms with Crippen molar-refractivity contribution in [2.24, 2.45) is 0 Å². The van der Waals surface area contributed by atoms with Crippen LogP contribution < -0.4 is 5.32 Å². The Bertz CT molecular complexity index is 256. The molecule has 1 unspecified atom stereocenters. The van der Waals surface area contributed by atoms with Crippen molar-refractivity contribution in [3.8, 4) is 0 Å². The van der Waals surface area contributed by atoms with Gasteiger partial charge in [-0.3, -0.25) is 9.59 Å². The predicted octanol–water partition coefficient (Wildman–Crippen LogP) is 2.08. The Labute approximate surface area is 115 Å². The summed E-state index contributed by atoms with van der Waals surface area (Å²) in [5.74, 6) is -1.47. The molecule has 0 saturated carbocycles. The SMILES string of the molecule is CCCCCCCCCNC(=O)C(O)CCC(=O)O. The maximum atomic E-state index is 11.4. The zero-order chi connectivity index (χ0) is 14.5. The minimum absolute atomic E-state index is 0.0296. The number of carbonyl (C=O) groups is 2. The van der Waals surface area contributed by atoms with Crippen LogP contribution in [0.1, 0.15) is 64.7 Å². The van der Waals surface area contributed by atoms with E-state index in [9.17, 15) is 14.7 Å². The number of aliphatic hydroxyl groups excluding tert-OH is 1. The summed E-state index contributed by atoms with van der Waals surface area (Å²) in [5, 5.41) is 20.5. The first-order valence-electron chi connectivity index (χ1n) is 7.25. The first-order chi connectivity index (χ1) is 9.07. The summed E-state index contributed by atoms with van der Waals surface area (Å²) in [6.45, 7) is 2.74. The van der Waals surface area contributed by atoms with Crippen LogP contribution in [0.2, 0.25) is 0 Å². The molecule has 0 saturated heterocycles. The molecule has 5 nitrogen and oxygen atoms in total. The largest absolute Gasteiger partial charge is 0.481 e. The third-order valence-corrected chi connectivity index (χ3v) is 3.01. The molecule has 5 heteroatoms. The van der Waals surface area contributed by atoms with Gasteiger partial charge in [0.15, 0.2) is 0 Å². The molecule has 0 bridgehead atoms. The first kappa shape index (κ1) is 17.9. The highest BCUT2D eigenvalue weighted by Crippen LogP contribution is 2.06. The van der Waals surface area contributed by atoms with Crippen molar-refractivity contribution in [3.63, 3.8) is 0 Å². The van der Waals surface area contributed by atoms with Crippen LogP contribution in [0.25, 0.3) is 0 Å². The van der Waals surface area contributed by atoms with E-state index >= 15 is 0 Å². The standard InChI is InChI=1S/C14H27NO4/c1-2-3-4-5-6-7-8-11-15-14(19)12(16)9-10-13(17)18/h12,16H,2-11H2,1H3,(H,15,19)(H,17,18). The number of unbranched alkanes of at least 4 members (excludes halogenated alkanes) is 6. The highest BCUT2D eigenvalue weighted by Gasteiger charge is 2.15. The van der Waals surface area contributed by atoms with Gasteiger partial charge in [0.05, 0.1) is 0 Å². The summed E-state index contributed by atoms with van der Waals surface area (Å²) in [4.78, 5) is 21.7. The Hall–Kier alpha value is -1.10. The topological polar surface area (TPSA) is 86.6 Å². The molecule has 0 fully saturated rings. The lowest BCUT2D eigenvalue weighted by Crippen LogP contribution is -2.35. The van der Waals surface area contributed by atoms with Crippen LogP contribution >= 0.6 is 0 Å². The van der Waals surface area contributed by atoms with Crippen LogP contribution in [0.15, 0.2) is 0 Å². The first-order valence-corrected chi connectivity index (χ1v) is 7.25. The number of carbonyl (C=O) groups excluding carboxylic acids is 1. The molecule has 0 spiro atoms. The number of rotatable bonds is 12. The van der Waals surface area contributed by atoms with Crippen molar-refractivity contribution in [2.75, 3.05) is 6.54 Å². The van der Waals surface area contributed by atoms with Crippen LogP contribution in [-0.4, -0.2) is 34.7 Å². The molecule has 1 amide bonds. The minimum Gasteiger partial charge on any atom is -0.481 e. The second-order valence-corrected chi connectivity index (χ2v) is 4.86. The fourth-order valence-corrected chi connectivity index (χ4v) is 1.80. The highest BCUT2D eigenvalue weighted by atomic mass is 16.4. The lowest BCUT2D eigenvalue weighted by Gasteiger charge is -2.10. The van der Waals surface area contributed by atoms with E-state index in [1.54, 1.807) is 0 Å². The second kappa shape index (κ2) is 12.0. The van der Waals surface area contributed by atoms with E-state index in [0.717, 1.165) is 12.8 Å². The average molecular weight is 273 g/mol. The van der Waals surface area contributed by atoms with Gasteiger partial charge >= 0.3 is 5.97 Å². The summed E-state index contributed by atoms with van der Waals surface area (Å²) in [5.41, 5.74) is 0. The summed E-state index contributed by atoms with van der Waals surface area (Å²) < 4.78 is 0. The Morgan fingerprint density at radius 3 is 2.21 bits per heavy atom. The van der Waals surface area contributed by atoms with E-state index in [1.807, 2.05) is 0 Å². The molecule has 0 aromatic rings. The smallest absolute Gasteiger partial charge is 0.303 e. The number of amides is 1. The Kier molecular flexibility index (Phi) is 11.3. The van der Waals surface area contributed by atoms with Crippen LogP contribution in [0.5, 0.6) is 0 Å². The summed E-state index contributed by atoms with van der Waals surface area (Å²) in [6.07, 6.45) is 6.78. The van der Waals surface area contributed by atoms with Gasteiger partial charge in [0.2, 0.25) is 5.91 Å². The molecule has 3 N–H and O–H groups in total. The van der Waals surface area contributed by atoms with Crippen LogP contribution in [-0.2, 0) is 9.59 Å². The molecular weight excluding hydrogens is 246 g/mol. The van der Waals surface area contributed by atoms with Gasteiger partial charge in [-0.15, -0.1) is 0 Å². The normalized spacial score (nSPS) is 12.1. The number of hydrogen-bond acceptors (Lipinski definition) is 3. The maximum Gasteiger partial charge on any atom is 0.303 e. The summed E-state index contributed by atoms with van der Waals surface area (Å²) in [6, 6.07) is 0. The van der Waals surface area contributed by atoms with Crippen molar-refractivity contribution in [3.05, 3.63) is 0 Å². The fourth-order valence-electron chi connectivity index (χ4n) is 1.80. The molecule has 0 aromatic carbocycles. The predicted molar refractivity (Wildman–Crippen MR) is 73.9 cm³/mol. The van der Waals surface area contributed by atoms with E-state index < -0.39 is 18.0 Å². The van der Waals surface area contributed by atoms with E-state index in [2.05, 4.69) is 12.2 Å². The molecule has 0 aliphatic carbocycles. The summed E-state index contributed by atoms with van der Waals surface area (Å²) >= 11 is 0. The van der Waals surface area contributed by atoms with Crippen molar-refractivity contribution in [1.29, 1.82) is 0 Å². The molecule has 0 heterocycles. The zero-order valence-corrected chi connectivity index (χ0v) is 11.9. The van der Waals surface area contributed by atoms with E-state index in [0.29, 0.717) is 6.54 Å². The van der Waals surface area contributed by atoms with Gasteiger partial charge < -0.3 is 15.5 Å². The molecular formula is C14H27NO4. The minimum atomic E-state index is -1.21. The van der Waals surface area contributed by atoms with E-state index in [4.69, 9.17) is 5.11 Å². The molecule has 0 rings (SSSR count). The third kappa shape index (κ3) is 11.7. The van der Waals surface area contributed by atoms with Crippen molar-refractivity contribution in [1.82, 2.24) is 5.32 Å². The monoisotopic (exact) mass is 273 g/mol. The number of carboxylic acid groups (broad SMARTS) is 1. The third-order valence-electron chi connectivity index (χ3n) is 3.01. The van der Waals surface area contributed by atoms with Gasteiger partial charge in [-0.05, 0) is 12.8 Å². The van der Waals surface area contributed by atoms with Gasteiger partial charge in [0.25, 0.3) is 0 Å². The van der Waals surface area contributed by atoms with Crippen LogP contribution in [0.3, 0.4) is 0 Å². The quantitative estimate of drug-likeness (QED) is 0.475. The van der Waals surface area contributed by atoms with E-state index in [-0.39, 0.29) is 12.8 Å². The molecule has 0 aliphatic heterocycles. The Morgan fingerprint density at radius 2 is 1.63 bits per heavy atom. The number of carboxylic acids is 1.